The van der Waals surface area contributed by atoms with Crippen molar-refractivity contribution in [2.75, 3.05) is 5.75 Å². The summed E-state index contributed by atoms with van der Waals surface area (Å²) in [5.74, 6) is 1.98. The molecule has 1 aromatic carbocycles. The fourth-order valence-electron chi connectivity index (χ4n) is 1.84. The summed E-state index contributed by atoms with van der Waals surface area (Å²) in [6.45, 7) is 8.34. The first-order valence-corrected chi connectivity index (χ1v) is 6.63. The van der Waals surface area contributed by atoms with Crippen molar-refractivity contribution in [2.45, 2.75) is 37.5 Å². The molecule has 0 heterocycles. The Labute approximate surface area is 96.8 Å². The van der Waals surface area contributed by atoms with E-state index in [1.165, 1.54) is 34.4 Å². The summed E-state index contributed by atoms with van der Waals surface area (Å²) < 4.78 is 0. The van der Waals surface area contributed by atoms with Gasteiger partial charge in [0.2, 0.25) is 0 Å². The SMILES string of the molecule is C=C(C)c1ccc(C2CC2)cc1SCC. The fourth-order valence-corrected chi connectivity index (χ4v) is 2.77. The summed E-state index contributed by atoms with van der Waals surface area (Å²) in [6, 6.07) is 6.89. The molecule has 0 N–H and O–H groups in total. The van der Waals surface area contributed by atoms with Gasteiger partial charge in [0.15, 0.2) is 0 Å². The van der Waals surface area contributed by atoms with Gasteiger partial charge in [-0.25, -0.2) is 0 Å². The predicted molar refractivity (Wildman–Crippen MR) is 69.5 cm³/mol. The van der Waals surface area contributed by atoms with E-state index in [1.54, 1.807) is 0 Å². The molecule has 0 bridgehead atoms. The zero-order valence-electron chi connectivity index (χ0n) is 9.55. The van der Waals surface area contributed by atoms with E-state index >= 15 is 0 Å². The summed E-state index contributed by atoms with van der Waals surface area (Å²) in [7, 11) is 0. The van der Waals surface area contributed by atoms with Crippen molar-refractivity contribution in [1.29, 1.82) is 0 Å². The van der Waals surface area contributed by atoms with Gasteiger partial charge < -0.3 is 0 Å². The van der Waals surface area contributed by atoms with Gasteiger partial charge in [-0.15, -0.1) is 11.8 Å². The minimum absolute atomic E-state index is 0.848. The summed E-state index contributed by atoms with van der Waals surface area (Å²) in [5, 5.41) is 0. The molecular weight excluding hydrogens is 200 g/mol. The van der Waals surface area contributed by atoms with Gasteiger partial charge in [0, 0.05) is 4.90 Å². The molecule has 0 nitrogen and oxygen atoms in total. The van der Waals surface area contributed by atoms with E-state index in [0.717, 1.165) is 11.7 Å². The Bertz CT molecular complexity index is 375. The third-order valence-corrected chi connectivity index (χ3v) is 3.75. The zero-order chi connectivity index (χ0) is 10.8. The van der Waals surface area contributed by atoms with Crippen molar-refractivity contribution in [3.8, 4) is 0 Å². The molecule has 1 heteroatoms. The quantitative estimate of drug-likeness (QED) is 0.660. The summed E-state index contributed by atoms with van der Waals surface area (Å²) in [6.07, 6.45) is 2.76. The average Bonchev–Trinajstić information content (AvgIpc) is 3.01. The van der Waals surface area contributed by atoms with Crippen LogP contribution in [-0.2, 0) is 0 Å². The summed E-state index contributed by atoms with van der Waals surface area (Å²) in [5.41, 5.74) is 4.02. The Hall–Kier alpha value is -0.690. The maximum atomic E-state index is 4.05. The van der Waals surface area contributed by atoms with Crippen LogP contribution in [0.1, 0.15) is 43.7 Å². The second-order valence-electron chi connectivity index (χ2n) is 4.24. The first kappa shape index (κ1) is 10.8. The molecule has 0 saturated heterocycles. The van der Waals surface area contributed by atoms with Gasteiger partial charge >= 0.3 is 0 Å². The zero-order valence-corrected chi connectivity index (χ0v) is 10.4. The molecule has 0 aromatic heterocycles. The highest BCUT2D eigenvalue weighted by Crippen LogP contribution is 2.42. The molecule has 0 aliphatic heterocycles. The first-order valence-electron chi connectivity index (χ1n) is 5.65. The van der Waals surface area contributed by atoms with Crippen molar-refractivity contribution in [3.63, 3.8) is 0 Å². The lowest BCUT2D eigenvalue weighted by Gasteiger charge is -2.10. The Morgan fingerprint density at radius 3 is 2.73 bits per heavy atom. The largest absolute Gasteiger partial charge is 0.126 e. The molecule has 0 spiro atoms. The van der Waals surface area contributed by atoms with E-state index in [2.05, 4.69) is 38.6 Å². The van der Waals surface area contributed by atoms with E-state index in [4.69, 9.17) is 0 Å². The Morgan fingerprint density at radius 1 is 1.47 bits per heavy atom. The highest BCUT2D eigenvalue weighted by atomic mass is 32.2. The number of benzene rings is 1. The van der Waals surface area contributed by atoms with Crippen molar-refractivity contribution in [3.05, 3.63) is 35.9 Å². The molecule has 0 unspecified atom stereocenters. The third-order valence-electron chi connectivity index (χ3n) is 2.81. The standard InChI is InChI=1S/C14H18S/c1-4-15-14-9-12(11-5-6-11)7-8-13(14)10(2)3/h7-9,11H,2,4-6H2,1,3H3. The van der Waals surface area contributed by atoms with E-state index < -0.39 is 0 Å². The minimum Gasteiger partial charge on any atom is -0.126 e. The number of hydrogen-bond donors (Lipinski definition) is 0. The van der Waals surface area contributed by atoms with Crippen LogP contribution in [0, 0.1) is 0 Å². The molecule has 0 atom stereocenters. The Morgan fingerprint density at radius 2 is 2.20 bits per heavy atom. The van der Waals surface area contributed by atoms with Crippen LogP contribution in [-0.4, -0.2) is 5.75 Å². The maximum Gasteiger partial charge on any atom is 0.0150 e. The number of rotatable bonds is 4. The van der Waals surface area contributed by atoms with Gasteiger partial charge in [0.1, 0.15) is 0 Å². The highest BCUT2D eigenvalue weighted by molar-refractivity contribution is 7.99. The molecule has 0 radical (unpaired) electrons. The second-order valence-corrected chi connectivity index (χ2v) is 5.55. The van der Waals surface area contributed by atoms with Crippen LogP contribution in [0.4, 0.5) is 0 Å². The van der Waals surface area contributed by atoms with Crippen molar-refractivity contribution in [1.82, 2.24) is 0 Å². The topological polar surface area (TPSA) is 0 Å². The lowest BCUT2D eigenvalue weighted by atomic mass is 10.0. The van der Waals surface area contributed by atoms with Gasteiger partial charge in [-0.2, -0.15) is 0 Å². The normalized spacial score (nSPS) is 15.3. The fraction of sp³-hybridized carbons (Fsp3) is 0.429. The number of thioether (sulfide) groups is 1. The minimum atomic E-state index is 0.848. The molecule has 1 fully saturated rings. The van der Waals surface area contributed by atoms with Crippen molar-refractivity contribution >= 4 is 17.3 Å². The Balaban J connectivity index is 2.34. The van der Waals surface area contributed by atoms with Crippen molar-refractivity contribution < 1.29 is 0 Å². The summed E-state index contributed by atoms with van der Waals surface area (Å²) >= 11 is 1.93. The molecule has 80 valence electrons. The maximum absolute atomic E-state index is 4.05. The lowest BCUT2D eigenvalue weighted by Crippen LogP contribution is -1.88. The van der Waals surface area contributed by atoms with Crippen LogP contribution < -0.4 is 0 Å². The van der Waals surface area contributed by atoms with Gasteiger partial charge in [-0.3, -0.25) is 0 Å². The molecule has 1 aromatic rings. The van der Waals surface area contributed by atoms with E-state index in [0.29, 0.717) is 0 Å². The monoisotopic (exact) mass is 218 g/mol. The molecule has 1 aliphatic carbocycles. The van der Waals surface area contributed by atoms with Crippen LogP contribution >= 0.6 is 11.8 Å². The van der Waals surface area contributed by atoms with Crippen LogP contribution in [0.2, 0.25) is 0 Å². The molecule has 15 heavy (non-hydrogen) atoms. The third kappa shape index (κ3) is 2.46. The predicted octanol–water partition coefficient (Wildman–Crippen LogP) is 4.71. The Kier molecular flexibility index (Phi) is 3.20. The molecule has 1 saturated carbocycles. The molecule has 2 rings (SSSR count). The first-order chi connectivity index (χ1) is 7.22. The molecule has 1 aliphatic rings. The summed E-state index contributed by atoms with van der Waals surface area (Å²) in [4.78, 5) is 1.41. The smallest absolute Gasteiger partial charge is 0.0150 e. The molecular formula is C14H18S. The second kappa shape index (κ2) is 4.44. The van der Waals surface area contributed by atoms with E-state index in [-0.39, 0.29) is 0 Å². The van der Waals surface area contributed by atoms with E-state index in [1.807, 2.05) is 11.8 Å². The average molecular weight is 218 g/mol. The van der Waals surface area contributed by atoms with Gasteiger partial charge in [-0.05, 0) is 54.2 Å². The van der Waals surface area contributed by atoms with Crippen LogP contribution in [0.5, 0.6) is 0 Å². The van der Waals surface area contributed by atoms with Gasteiger partial charge in [-0.1, -0.05) is 25.6 Å². The molecule has 0 amide bonds. The van der Waals surface area contributed by atoms with Crippen LogP contribution in [0.15, 0.2) is 29.7 Å². The highest BCUT2D eigenvalue weighted by Gasteiger charge is 2.24. The number of allylic oxidation sites excluding steroid dienone is 1. The number of hydrogen-bond acceptors (Lipinski definition) is 1. The van der Waals surface area contributed by atoms with Gasteiger partial charge in [0.25, 0.3) is 0 Å². The van der Waals surface area contributed by atoms with Crippen LogP contribution in [0.3, 0.4) is 0 Å². The lowest BCUT2D eigenvalue weighted by molar-refractivity contribution is 1.11. The van der Waals surface area contributed by atoms with Crippen molar-refractivity contribution in [2.24, 2.45) is 0 Å². The van der Waals surface area contributed by atoms with Gasteiger partial charge in [0.05, 0.1) is 0 Å². The van der Waals surface area contributed by atoms with Crippen LogP contribution in [0.25, 0.3) is 5.57 Å². The van der Waals surface area contributed by atoms with E-state index in [9.17, 15) is 0 Å².